The molecule has 0 spiro atoms. The summed E-state index contributed by atoms with van der Waals surface area (Å²) < 4.78 is 6.54. The van der Waals surface area contributed by atoms with E-state index in [0.29, 0.717) is 0 Å². The molecular formula is C10H12N8O5. The molecule has 2 aromatic heterocycles. The van der Waals surface area contributed by atoms with E-state index >= 15 is 0 Å². The monoisotopic (exact) mass is 324 g/mol. The Morgan fingerprint density at radius 2 is 2.26 bits per heavy atom. The highest BCUT2D eigenvalue weighted by atomic mass is 16.6. The lowest BCUT2D eigenvalue weighted by Gasteiger charge is -2.17. The number of nitrogens with zero attached hydrogens (tertiary/aromatic N) is 6. The maximum absolute atomic E-state index is 11.7. The number of hydrogen-bond donors (Lipinski definition) is 5. The van der Waals surface area contributed by atoms with Crippen molar-refractivity contribution in [1.29, 1.82) is 0 Å². The number of aromatic amines is 1. The van der Waals surface area contributed by atoms with Gasteiger partial charge in [0, 0.05) is 4.91 Å². The van der Waals surface area contributed by atoms with Crippen LogP contribution in [-0.2, 0) is 4.74 Å². The number of imidazole rings is 1. The van der Waals surface area contributed by atoms with E-state index in [-0.39, 0.29) is 17.1 Å². The van der Waals surface area contributed by atoms with E-state index in [1.165, 1.54) is 10.9 Å². The van der Waals surface area contributed by atoms with Crippen LogP contribution in [0.3, 0.4) is 0 Å². The smallest absolute Gasteiger partial charge is 0.280 e. The number of nitrogen functional groups attached to an aromatic ring is 1. The van der Waals surface area contributed by atoms with Crippen LogP contribution in [0.2, 0.25) is 0 Å². The summed E-state index contributed by atoms with van der Waals surface area (Å²) in [7, 11) is 0. The van der Waals surface area contributed by atoms with Crippen molar-refractivity contribution in [2.24, 2.45) is 5.11 Å². The van der Waals surface area contributed by atoms with Crippen LogP contribution in [0, 0.1) is 0 Å². The topological polar surface area (TPSA) is 208 Å². The highest BCUT2D eigenvalue weighted by Crippen LogP contribution is 2.32. The summed E-state index contributed by atoms with van der Waals surface area (Å²) in [5.74, 6) is -0.164. The number of azide groups is 1. The minimum Gasteiger partial charge on any atom is -0.387 e. The van der Waals surface area contributed by atoms with Gasteiger partial charge >= 0.3 is 0 Å². The third-order valence-electron chi connectivity index (χ3n) is 3.46. The van der Waals surface area contributed by atoms with Gasteiger partial charge in [0.1, 0.15) is 18.3 Å². The van der Waals surface area contributed by atoms with Crippen molar-refractivity contribution in [1.82, 2.24) is 19.5 Å². The molecule has 0 aliphatic carbocycles. The number of H-pyrrole nitrogens is 1. The number of nitrogens with one attached hydrogen (secondary N) is 1. The molecule has 13 nitrogen and oxygen atoms in total. The summed E-state index contributed by atoms with van der Waals surface area (Å²) in [6.45, 7) is 0. The second-order valence-electron chi connectivity index (χ2n) is 4.87. The molecule has 1 aliphatic rings. The predicted octanol–water partition coefficient (Wildman–Crippen LogP) is -2.05. The average molecular weight is 324 g/mol. The zero-order chi connectivity index (χ0) is 16.7. The fourth-order valence-corrected chi connectivity index (χ4v) is 2.41. The van der Waals surface area contributed by atoms with Crippen LogP contribution >= 0.6 is 0 Å². The van der Waals surface area contributed by atoms with Crippen molar-refractivity contribution in [2.75, 3.05) is 5.73 Å². The maximum atomic E-state index is 11.7. The molecule has 3 rings (SSSR count). The summed E-state index contributed by atoms with van der Waals surface area (Å²) in [5, 5.41) is 32.7. The van der Waals surface area contributed by atoms with Crippen molar-refractivity contribution in [3.63, 3.8) is 0 Å². The normalized spacial score (nSPS) is 28.7. The first-order valence-electron chi connectivity index (χ1n) is 6.40. The minimum absolute atomic E-state index is 0.0291. The zero-order valence-corrected chi connectivity index (χ0v) is 11.4. The maximum Gasteiger partial charge on any atom is 0.280 e. The van der Waals surface area contributed by atoms with Crippen molar-refractivity contribution >= 4 is 17.1 Å². The number of hydrogen-bond acceptors (Lipinski definition) is 9. The Kier molecular flexibility index (Phi) is 3.63. The molecule has 1 aliphatic heterocycles. The molecule has 1 unspecified atom stereocenters. The lowest BCUT2D eigenvalue weighted by molar-refractivity contribution is -0.0811. The van der Waals surface area contributed by atoms with Crippen molar-refractivity contribution < 1.29 is 20.1 Å². The third-order valence-corrected chi connectivity index (χ3v) is 3.46. The van der Waals surface area contributed by atoms with E-state index in [4.69, 9.17) is 16.0 Å². The molecule has 0 bridgehead atoms. The van der Waals surface area contributed by atoms with Crippen LogP contribution in [0.25, 0.3) is 21.6 Å². The van der Waals surface area contributed by atoms with Crippen molar-refractivity contribution in [2.45, 2.75) is 30.8 Å². The molecular weight excluding hydrogens is 312 g/mol. The Bertz CT molecular complexity index is 841. The lowest BCUT2D eigenvalue weighted by atomic mass is 10.1. The first-order chi connectivity index (χ1) is 10.9. The van der Waals surface area contributed by atoms with Gasteiger partial charge in [-0.15, -0.1) is 0 Å². The van der Waals surface area contributed by atoms with E-state index in [1.807, 2.05) is 0 Å². The minimum atomic E-state index is -1.70. The van der Waals surface area contributed by atoms with E-state index < -0.39 is 36.3 Å². The van der Waals surface area contributed by atoms with Crippen LogP contribution in [0.15, 0.2) is 16.2 Å². The van der Waals surface area contributed by atoms with Crippen LogP contribution in [0.4, 0.5) is 5.95 Å². The number of anilines is 1. The molecule has 0 radical (unpaired) electrons. The summed E-state index contributed by atoms with van der Waals surface area (Å²) >= 11 is 0. The van der Waals surface area contributed by atoms with Crippen LogP contribution in [-0.4, -0.2) is 59.4 Å². The van der Waals surface area contributed by atoms with Crippen LogP contribution < -0.4 is 11.3 Å². The fraction of sp³-hybridized carbons (Fsp3) is 0.500. The lowest BCUT2D eigenvalue weighted by Crippen LogP contribution is -2.37. The van der Waals surface area contributed by atoms with Crippen molar-refractivity contribution in [3.8, 4) is 0 Å². The molecule has 6 N–H and O–H groups in total. The predicted molar refractivity (Wildman–Crippen MR) is 73.6 cm³/mol. The average Bonchev–Trinajstić information content (AvgIpc) is 3.02. The number of ether oxygens (including phenoxy) is 1. The number of aromatic nitrogens is 4. The van der Waals surface area contributed by atoms with Crippen molar-refractivity contribution in [3.05, 3.63) is 27.1 Å². The second-order valence-corrected chi connectivity index (χ2v) is 4.87. The molecule has 0 aromatic carbocycles. The largest absolute Gasteiger partial charge is 0.387 e. The van der Waals surface area contributed by atoms with Crippen LogP contribution in [0.1, 0.15) is 6.23 Å². The second kappa shape index (κ2) is 5.49. The molecule has 23 heavy (non-hydrogen) atoms. The molecule has 1 saturated heterocycles. The fourth-order valence-electron chi connectivity index (χ4n) is 2.41. The van der Waals surface area contributed by atoms with E-state index in [0.717, 1.165) is 0 Å². The Hall–Kier alpha value is -2.70. The quantitative estimate of drug-likeness (QED) is 0.240. The summed E-state index contributed by atoms with van der Waals surface area (Å²) in [6.07, 6.45) is -6.11. The summed E-state index contributed by atoms with van der Waals surface area (Å²) in [4.78, 5) is 24.2. The van der Waals surface area contributed by atoms with E-state index in [2.05, 4.69) is 25.0 Å². The molecule has 0 amide bonds. The van der Waals surface area contributed by atoms with Gasteiger partial charge in [-0.3, -0.25) is 14.3 Å². The molecule has 122 valence electrons. The van der Waals surface area contributed by atoms with E-state index in [1.54, 1.807) is 0 Å². The highest BCUT2D eigenvalue weighted by Gasteiger charge is 2.47. The van der Waals surface area contributed by atoms with E-state index in [9.17, 15) is 20.1 Å². The SMILES string of the molecule is [N-]=[N+]=NC(O)[C@H]1O[C@@H](n2cnc3c(=O)[nH]c(N)nc32)[C@H](O)[C@@H]1O. The van der Waals surface area contributed by atoms with Gasteiger partial charge in [0.25, 0.3) is 5.56 Å². The Labute approximate surface area is 126 Å². The van der Waals surface area contributed by atoms with Gasteiger partial charge in [-0.2, -0.15) is 4.98 Å². The molecule has 5 atom stereocenters. The number of rotatable bonds is 3. The van der Waals surface area contributed by atoms with Gasteiger partial charge in [-0.05, 0) is 5.53 Å². The standard InChI is InChI=1S/C10H12N8O5/c11-10-14-6-2(7(21)15-10)13-1-18(6)9-4(20)3(19)5(23-9)8(22)16-17-12/h1,3-5,8-9,19-20,22H,(H3,11,14,15,21)/t3-,4+,5-,8?,9+/m0/s1. The summed E-state index contributed by atoms with van der Waals surface area (Å²) in [6, 6.07) is 0. The number of nitrogens with two attached hydrogens (primary N) is 1. The first-order valence-corrected chi connectivity index (χ1v) is 6.40. The van der Waals surface area contributed by atoms with Crippen LogP contribution in [0.5, 0.6) is 0 Å². The molecule has 0 saturated carbocycles. The Morgan fingerprint density at radius 1 is 1.52 bits per heavy atom. The number of aliphatic hydroxyl groups excluding tert-OH is 3. The molecule has 13 heteroatoms. The van der Waals surface area contributed by atoms with Gasteiger partial charge in [-0.25, -0.2) is 4.98 Å². The molecule has 1 fully saturated rings. The van der Waals surface area contributed by atoms with Gasteiger partial charge in [0.05, 0.1) is 6.33 Å². The highest BCUT2D eigenvalue weighted by molar-refractivity contribution is 5.70. The van der Waals surface area contributed by atoms with Gasteiger partial charge < -0.3 is 25.8 Å². The third kappa shape index (κ3) is 2.38. The van der Waals surface area contributed by atoms with Gasteiger partial charge in [0.15, 0.2) is 23.6 Å². The molecule has 2 aromatic rings. The Balaban J connectivity index is 2.02. The number of aliphatic hydroxyl groups is 3. The Morgan fingerprint density at radius 3 is 2.96 bits per heavy atom. The molecule has 3 heterocycles. The first kappa shape index (κ1) is 15.2. The van der Waals surface area contributed by atoms with Gasteiger partial charge in [0.2, 0.25) is 5.95 Å². The number of fused-ring (bicyclic) bond motifs is 1. The summed E-state index contributed by atoms with van der Waals surface area (Å²) in [5.41, 5.74) is 13.2. The van der Waals surface area contributed by atoms with Gasteiger partial charge in [-0.1, -0.05) is 5.11 Å². The zero-order valence-electron chi connectivity index (χ0n) is 11.4.